The summed E-state index contributed by atoms with van der Waals surface area (Å²) >= 11 is 6.37. The van der Waals surface area contributed by atoms with Crippen LogP contribution in [-0.2, 0) is 14.8 Å². The third-order valence-electron chi connectivity index (χ3n) is 6.53. The minimum atomic E-state index is -3.69. The SMILES string of the molecule is O=c1c(Cl)c(NC[C@H]2CCCOC2)cnn1C1CCN(S(=O)(=O)c2ccc3c(c2)OCO3)CC1. The minimum absolute atomic E-state index is 0.0812. The number of sulfonamides is 1. The van der Waals surface area contributed by atoms with Crippen molar-refractivity contribution in [3.8, 4) is 11.5 Å². The Balaban J connectivity index is 1.23. The molecule has 0 radical (unpaired) electrons. The Labute approximate surface area is 202 Å². The molecule has 2 saturated heterocycles. The summed E-state index contributed by atoms with van der Waals surface area (Å²) in [5.41, 5.74) is 0.139. The van der Waals surface area contributed by atoms with Crippen LogP contribution >= 0.6 is 11.6 Å². The average molecular weight is 511 g/mol. The van der Waals surface area contributed by atoms with Gasteiger partial charge in [-0.3, -0.25) is 4.79 Å². The molecule has 1 aromatic carbocycles. The number of anilines is 1. The Hall–Kier alpha value is -2.34. The summed E-state index contributed by atoms with van der Waals surface area (Å²) in [6.07, 6.45) is 4.59. The van der Waals surface area contributed by atoms with E-state index in [2.05, 4.69) is 10.4 Å². The second-order valence-electron chi connectivity index (χ2n) is 8.74. The number of fused-ring (bicyclic) bond motifs is 1. The number of ether oxygens (including phenoxy) is 3. The largest absolute Gasteiger partial charge is 0.454 e. The van der Waals surface area contributed by atoms with E-state index >= 15 is 0 Å². The van der Waals surface area contributed by atoms with Crippen LogP contribution in [0.25, 0.3) is 0 Å². The lowest BCUT2D eigenvalue weighted by molar-refractivity contribution is 0.0595. The molecule has 3 aliphatic heterocycles. The van der Waals surface area contributed by atoms with Crippen molar-refractivity contribution in [2.75, 3.05) is 45.0 Å². The highest BCUT2D eigenvalue weighted by molar-refractivity contribution is 7.89. The first-order valence-electron chi connectivity index (χ1n) is 11.4. The molecule has 2 aromatic rings. The molecule has 12 heteroatoms. The highest BCUT2D eigenvalue weighted by Crippen LogP contribution is 2.35. The zero-order valence-corrected chi connectivity index (χ0v) is 20.2. The van der Waals surface area contributed by atoms with Gasteiger partial charge < -0.3 is 19.5 Å². The van der Waals surface area contributed by atoms with E-state index in [4.69, 9.17) is 25.8 Å². The van der Waals surface area contributed by atoms with Gasteiger partial charge in [0.25, 0.3) is 5.56 Å². The molecule has 0 saturated carbocycles. The third kappa shape index (κ3) is 4.61. The van der Waals surface area contributed by atoms with Crippen LogP contribution in [0.1, 0.15) is 31.7 Å². The zero-order chi connectivity index (χ0) is 23.7. The molecule has 10 nitrogen and oxygen atoms in total. The number of halogens is 1. The number of piperidine rings is 1. The Morgan fingerprint density at radius 3 is 2.71 bits per heavy atom. The molecule has 5 rings (SSSR count). The maximum absolute atomic E-state index is 13.1. The van der Waals surface area contributed by atoms with Gasteiger partial charge >= 0.3 is 0 Å². The smallest absolute Gasteiger partial charge is 0.287 e. The summed E-state index contributed by atoms with van der Waals surface area (Å²) in [6.45, 7) is 2.79. The molecular weight excluding hydrogens is 484 g/mol. The normalized spacial score (nSPS) is 21.5. The molecule has 184 valence electrons. The van der Waals surface area contributed by atoms with Crippen LogP contribution in [0.15, 0.2) is 34.1 Å². The van der Waals surface area contributed by atoms with E-state index in [1.807, 2.05) is 0 Å². The maximum Gasteiger partial charge on any atom is 0.287 e. The van der Waals surface area contributed by atoms with Gasteiger partial charge in [0.05, 0.1) is 29.4 Å². The second kappa shape index (κ2) is 9.73. The Kier molecular flexibility index (Phi) is 6.70. The molecule has 0 unspecified atom stereocenters. The molecule has 3 aliphatic rings. The van der Waals surface area contributed by atoms with Gasteiger partial charge in [-0.1, -0.05) is 11.6 Å². The van der Waals surface area contributed by atoms with Crippen molar-refractivity contribution in [1.82, 2.24) is 14.1 Å². The molecule has 2 fully saturated rings. The van der Waals surface area contributed by atoms with Gasteiger partial charge in [0, 0.05) is 32.3 Å². The van der Waals surface area contributed by atoms with E-state index in [1.165, 1.54) is 21.1 Å². The quantitative estimate of drug-likeness (QED) is 0.631. The van der Waals surface area contributed by atoms with Gasteiger partial charge in [0.1, 0.15) is 5.02 Å². The van der Waals surface area contributed by atoms with Crippen molar-refractivity contribution in [3.63, 3.8) is 0 Å². The molecule has 0 spiro atoms. The highest BCUT2D eigenvalue weighted by atomic mass is 35.5. The van der Waals surface area contributed by atoms with Gasteiger partial charge in [0.15, 0.2) is 11.5 Å². The molecule has 0 aliphatic carbocycles. The summed E-state index contributed by atoms with van der Waals surface area (Å²) in [6, 6.07) is 4.38. The number of nitrogens with one attached hydrogen (secondary N) is 1. The highest BCUT2D eigenvalue weighted by Gasteiger charge is 2.32. The first kappa shape index (κ1) is 23.4. The van der Waals surface area contributed by atoms with Gasteiger partial charge in [-0.25, -0.2) is 13.1 Å². The lowest BCUT2D eigenvalue weighted by Crippen LogP contribution is -2.41. The second-order valence-corrected chi connectivity index (χ2v) is 11.1. The predicted molar refractivity (Wildman–Crippen MR) is 125 cm³/mol. The first-order chi connectivity index (χ1) is 16.4. The Bertz CT molecular complexity index is 1210. The fraction of sp³-hybridized carbons (Fsp3) is 0.545. The topological polar surface area (TPSA) is 112 Å². The first-order valence-corrected chi connectivity index (χ1v) is 13.2. The van der Waals surface area contributed by atoms with E-state index < -0.39 is 10.0 Å². The molecular formula is C22H27ClN4O6S. The maximum atomic E-state index is 13.1. The third-order valence-corrected chi connectivity index (χ3v) is 8.79. The van der Waals surface area contributed by atoms with Gasteiger partial charge in [-0.15, -0.1) is 0 Å². The average Bonchev–Trinajstić information content (AvgIpc) is 3.34. The van der Waals surface area contributed by atoms with E-state index in [0.29, 0.717) is 49.1 Å². The molecule has 0 bridgehead atoms. The summed E-state index contributed by atoms with van der Waals surface area (Å²) < 4.78 is 45.1. The van der Waals surface area contributed by atoms with Crippen molar-refractivity contribution in [2.45, 2.75) is 36.6 Å². The van der Waals surface area contributed by atoms with Crippen molar-refractivity contribution in [1.29, 1.82) is 0 Å². The lowest BCUT2D eigenvalue weighted by atomic mass is 10.0. The number of hydrogen-bond donors (Lipinski definition) is 1. The van der Waals surface area contributed by atoms with Crippen molar-refractivity contribution < 1.29 is 22.6 Å². The molecule has 34 heavy (non-hydrogen) atoms. The number of hydrogen-bond acceptors (Lipinski definition) is 8. The number of nitrogens with zero attached hydrogens (tertiary/aromatic N) is 3. The van der Waals surface area contributed by atoms with Crippen molar-refractivity contribution in [2.24, 2.45) is 5.92 Å². The molecule has 1 atom stereocenters. The van der Waals surface area contributed by atoms with E-state index in [9.17, 15) is 13.2 Å². The van der Waals surface area contributed by atoms with Crippen molar-refractivity contribution >= 4 is 27.3 Å². The molecule has 0 amide bonds. The predicted octanol–water partition coefficient (Wildman–Crippen LogP) is 2.49. The zero-order valence-electron chi connectivity index (χ0n) is 18.6. The van der Waals surface area contributed by atoms with Crippen LogP contribution in [0.5, 0.6) is 11.5 Å². The fourth-order valence-corrected chi connectivity index (χ4v) is 6.25. The molecule has 1 N–H and O–H groups in total. The summed E-state index contributed by atoms with van der Waals surface area (Å²) in [5, 5.41) is 7.66. The monoisotopic (exact) mass is 510 g/mol. The van der Waals surface area contributed by atoms with Crippen molar-refractivity contribution in [3.05, 3.63) is 39.8 Å². The summed E-state index contributed by atoms with van der Waals surface area (Å²) in [4.78, 5) is 13.1. The standard InChI is InChI=1S/C22H27ClN4O6S/c23-21-18(24-11-15-2-1-9-31-13-15)12-25-27(22(21)28)16-5-7-26(8-6-16)34(29,30)17-3-4-19-20(10-17)33-14-32-19/h3-4,10,12,15-16,24H,1-2,5-9,11,13-14H2/t15-/m1/s1. The summed E-state index contributed by atoms with van der Waals surface area (Å²) in [7, 11) is -3.69. The van der Waals surface area contributed by atoms with Gasteiger partial charge in [0.2, 0.25) is 16.8 Å². The summed E-state index contributed by atoms with van der Waals surface area (Å²) in [5.74, 6) is 1.33. The Morgan fingerprint density at radius 2 is 1.94 bits per heavy atom. The van der Waals surface area contributed by atoms with Gasteiger partial charge in [-0.05, 0) is 43.7 Å². The van der Waals surface area contributed by atoms with Crippen LogP contribution in [0.2, 0.25) is 5.02 Å². The van der Waals surface area contributed by atoms with Crippen LogP contribution in [0.4, 0.5) is 5.69 Å². The number of benzene rings is 1. The fourth-order valence-electron chi connectivity index (χ4n) is 4.56. The Morgan fingerprint density at radius 1 is 1.15 bits per heavy atom. The molecule has 1 aromatic heterocycles. The van der Waals surface area contributed by atoms with E-state index in [0.717, 1.165) is 19.4 Å². The lowest BCUT2D eigenvalue weighted by Gasteiger charge is -2.31. The van der Waals surface area contributed by atoms with E-state index in [-0.39, 0.29) is 41.4 Å². The van der Waals surface area contributed by atoms with Gasteiger partial charge in [-0.2, -0.15) is 9.40 Å². The molecule has 4 heterocycles. The number of rotatable bonds is 6. The van der Waals surface area contributed by atoms with Crippen LogP contribution in [0.3, 0.4) is 0 Å². The van der Waals surface area contributed by atoms with Crippen LogP contribution in [-0.4, -0.2) is 62.1 Å². The minimum Gasteiger partial charge on any atom is -0.454 e. The van der Waals surface area contributed by atoms with Crippen LogP contribution < -0.4 is 20.3 Å². The van der Waals surface area contributed by atoms with Crippen LogP contribution in [0, 0.1) is 5.92 Å². The van der Waals surface area contributed by atoms with E-state index in [1.54, 1.807) is 12.3 Å². The number of aromatic nitrogens is 2.